The van der Waals surface area contributed by atoms with Crippen molar-refractivity contribution in [2.45, 2.75) is 5.75 Å². The highest BCUT2D eigenvalue weighted by atomic mass is 35.5. The van der Waals surface area contributed by atoms with Crippen molar-refractivity contribution in [1.82, 2.24) is 0 Å². The summed E-state index contributed by atoms with van der Waals surface area (Å²) in [4.78, 5) is 19.9. The van der Waals surface area contributed by atoms with Gasteiger partial charge in [-0.25, -0.2) is 8.42 Å². The zero-order chi connectivity index (χ0) is 20.4. The van der Waals surface area contributed by atoms with Gasteiger partial charge in [-0.05, 0) is 23.8 Å². The van der Waals surface area contributed by atoms with Crippen LogP contribution in [0.25, 0.3) is 6.08 Å². The number of hydrogen-bond donors (Lipinski definition) is 1. The first-order valence-corrected chi connectivity index (χ1v) is 9.48. The number of phenolic OH excluding ortho intramolecular Hbond substituents is 1. The number of phenols is 1. The molecule has 2 aromatic carbocycles. The van der Waals surface area contributed by atoms with Crippen molar-refractivity contribution in [3.05, 3.63) is 77.1 Å². The van der Waals surface area contributed by atoms with Crippen molar-refractivity contribution in [2.75, 3.05) is 0 Å². The van der Waals surface area contributed by atoms with E-state index in [0.717, 1.165) is 12.1 Å². The van der Waals surface area contributed by atoms with Gasteiger partial charge in [-0.15, -0.1) is 0 Å². The van der Waals surface area contributed by atoms with Crippen LogP contribution in [0.4, 0.5) is 11.4 Å². The highest BCUT2D eigenvalue weighted by Crippen LogP contribution is 2.35. The molecule has 0 aliphatic rings. The maximum absolute atomic E-state index is 12.2. The SMILES string of the molecule is O=[N+]([O-])c1cc(/C=C/S(=O)(=O)Cc2ccc(Cl)cc2Cl)c(O)c([N+](=O)[O-])c1. The van der Waals surface area contributed by atoms with Crippen LogP contribution in [0.5, 0.6) is 5.75 Å². The number of nitro groups is 2. The van der Waals surface area contributed by atoms with Gasteiger partial charge >= 0.3 is 5.69 Å². The molecule has 12 heteroatoms. The summed E-state index contributed by atoms with van der Waals surface area (Å²) in [5, 5.41) is 32.8. The molecule has 0 radical (unpaired) electrons. The summed E-state index contributed by atoms with van der Waals surface area (Å²) in [7, 11) is -3.91. The van der Waals surface area contributed by atoms with Crippen LogP contribution in [-0.2, 0) is 15.6 Å². The van der Waals surface area contributed by atoms with Crippen LogP contribution in [0.3, 0.4) is 0 Å². The molecule has 0 heterocycles. The average Bonchev–Trinajstić information content (AvgIpc) is 2.56. The molecule has 0 unspecified atom stereocenters. The number of rotatable bonds is 6. The number of benzene rings is 2. The van der Waals surface area contributed by atoms with E-state index >= 15 is 0 Å². The van der Waals surface area contributed by atoms with E-state index < -0.39 is 42.6 Å². The van der Waals surface area contributed by atoms with Crippen molar-refractivity contribution >= 4 is 50.5 Å². The second-order valence-electron chi connectivity index (χ2n) is 5.26. The molecule has 2 rings (SSSR count). The Balaban J connectivity index is 2.41. The molecule has 27 heavy (non-hydrogen) atoms. The number of non-ortho nitro benzene ring substituents is 1. The number of aromatic hydroxyl groups is 1. The average molecular weight is 433 g/mol. The Labute approximate surface area is 162 Å². The Morgan fingerprint density at radius 2 is 1.74 bits per heavy atom. The number of nitro benzene ring substituents is 2. The maximum atomic E-state index is 12.2. The monoisotopic (exact) mass is 432 g/mol. The summed E-state index contributed by atoms with van der Waals surface area (Å²) in [5.41, 5.74) is -1.71. The van der Waals surface area contributed by atoms with Crippen LogP contribution < -0.4 is 0 Å². The minimum atomic E-state index is -3.91. The largest absolute Gasteiger partial charge is 0.502 e. The van der Waals surface area contributed by atoms with Gasteiger partial charge in [0.15, 0.2) is 9.84 Å². The summed E-state index contributed by atoms with van der Waals surface area (Å²) in [5.74, 6) is -1.39. The molecule has 0 spiro atoms. The lowest BCUT2D eigenvalue weighted by Crippen LogP contribution is -2.01. The Morgan fingerprint density at radius 1 is 1.07 bits per heavy atom. The number of nitrogens with zero attached hydrogens (tertiary/aromatic N) is 2. The third-order valence-electron chi connectivity index (χ3n) is 3.34. The summed E-state index contributed by atoms with van der Waals surface area (Å²) in [6, 6.07) is 5.65. The van der Waals surface area contributed by atoms with Gasteiger partial charge in [0.05, 0.1) is 21.7 Å². The first-order chi connectivity index (χ1) is 12.5. The third kappa shape index (κ3) is 5.16. The zero-order valence-electron chi connectivity index (χ0n) is 13.2. The molecule has 142 valence electrons. The smallest absolute Gasteiger partial charge is 0.318 e. The van der Waals surface area contributed by atoms with E-state index in [2.05, 4.69) is 0 Å². The van der Waals surface area contributed by atoms with E-state index in [-0.39, 0.29) is 16.1 Å². The Bertz CT molecular complexity index is 1070. The van der Waals surface area contributed by atoms with Crippen LogP contribution in [-0.4, -0.2) is 23.4 Å². The minimum absolute atomic E-state index is 0.133. The predicted molar refractivity (Wildman–Crippen MR) is 99.5 cm³/mol. The van der Waals surface area contributed by atoms with Crippen LogP contribution in [0, 0.1) is 20.2 Å². The van der Waals surface area contributed by atoms with Gasteiger partial charge in [0.1, 0.15) is 0 Å². The molecular formula is C15H10Cl2N2O7S. The van der Waals surface area contributed by atoms with Gasteiger partial charge in [0.2, 0.25) is 5.75 Å². The Morgan fingerprint density at radius 3 is 2.30 bits per heavy atom. The Kier molecular flexibility index (Phi) is 6.04. The van der Waals surface area contributed by atoms with Gasteiger partial charge in [-0.3, -0.25) is 20.2 Å². The van der Waals surface area contributed by atoms with Crippen LogP contribution in [0.2, 0.25) is 10.0 Å². The van der Waals surface area contributed by atoms with Crippen LogP contribution in [0.1, 0.15) is 11.1 Å². The summed E-state index contributed by atoms with van der Waals surface area (Å²) >= 11 is 11.7. The standard InChI is InChI=1S/C15H10Cl2N2O7S/c16-11-2-1-10(13(17)6-11)8-27(25,26)4-3-9-5-12(18(21)22)7-14(15(9)20)19(23)24/h1-7,20H,8H2/b4-3+. The van der Waals surface area contributed by atoms with Gasteiger partial charge in [0, 0.05) is 27.1 Å². The Hall–Kier alpha value is -2.69. The molecule has 0 aliphatic carbocycles. The van der Waals surface area contributed by atoms with E-state index in [0.29, 0.717) is 16.5 Å². The van der Waals surface area contributed by atoms with E-state index in [4.69, 9.17) is 23.2 Å². The van der Waals surface area contributed by atoms with E-state index in [1.165, 1.54) is 18.2 Å². The molecule has 0 aromatic heterocycles. The summed E-state index contributed by atoms with van der Waals surface area (Å²) in [6.45, 7) is 0. The fraction of sp³-hybridized carbons (Fsp3) is 0.0667. The number of hydrogen-bond acceptors (Lipinski definition) is 7. The fourth-order valence-corrected chi connectivity index (χ4v) is 3.77. The zero-order valence-corrected chi connectivity index (χ0v) is 15.5. The van der Waals surface area contributed by atoms with Crippen LogP contribution >= 0.6 is 23.2 Å². The van der Waals surface area contributed by atoms with Gasteiger partial charge in [0.25, 0.3) is 5.69 Å². The molecule has 0 aliphatic heterocycles. The van der Waals surface area contributed by atoms with Crippen molar-refractivity contribution < 1.29 is 23.4 Å². The fourth-order valence-electron chi connectivity index (χ4n) is 2.08. The van der Waals surface area contributed by atoms with Gasteiger partial charge in [-0.2, -0.15) is 0 Å². The lowest BCUT2D eigenvalue weighted by molar-refractivity contribution is -0.394. The molecular weight excluding hydrogens is 423 g/mol. The highest BCUT2D eigenvalue weighted by molar-refractivity contribution is 7.93. The first kappa shape index (κ1) is 20.6. The lowest BCUT2D eigenvalue weighted by Gasteiger charge is -2.04. The summed E-state index contributed by atoms with van der Waals surface area (Å²) in [6.07, 6.45) is 0.842. The first-order valence-electron chi connectivity index (χ1n) is 7.01. The van der Waals surface area contributed by atoms with E-state index in [1.54, 1.807) is 0 Å². The minimum Gasteiger partial charge on any atom is -0.502 e. The normalized spacial score (nSPS) is 11.6. The summed E-state index contributed by atoms with van der Waals surface area (Å²) < 4.78 is 24.5. The van der Waals surface area contributed by atoms with Gasteiger partial charge < -0.3 is 5.11 Å². The highest BCUT2D eigenvalue weighted by Gasteiger charge is 2.23. The quantitative estimate of drug-likeness (QED) is 0.534. The predicted octanol–water partition coefficient (Wildman–Crippen LogP) is 4.10. The van der Waals surface area contributed by atoms with Gasteiger partial charge in [-0.1, -0.05) is 29.3 Å². The molecule has 0 atom stereocenters. The van der Waals surface area contributed by atoms with E-state index in [9.17, 15) is 33.8 Å². The molecule has 0 fully saturated rings. The number of sulfone groups is 1. The molecule has 9 nitrogen and oxygen atoms in total. The third-order valence-corrected chi connectivity index (χ3v) is 5.19. The second kappa shape index (κ2) is 7.91. The second-order valence-corrected chi connectivity index (χ2v) is 7.99. The lowest BCUT2D eigenvalue weighted by atomic mass is 10.1. The van der Waals surface area contributed by atoms with Crippen molar-refractivity contribution in [2.24, 2.45) is 0 Å². The van der Waals surface area contributed by atoms with Crippen LogP contribution in [0.15, 0.2) is 35.7 Å². The van der Waals surface area contributed by atoms with Crippen molar-refractivity contribution in [3.63, 3.8) is 0 Å². The molecule has 0 saturated carbocycles. The van der Waals surface area contributed by atoms with Crippen molar-refractivity contribution in [3.8, 4) is 5.75 Å². The molecule has 0 bridgehead atoms. The maximum Gasteiger partial charge on any atom is 0.318 e. The molecule has 2 aromatic rings. The molecule has 0 saturated heterocycles. The molecule has 1 N–H and O–H groups in total. The topological polar surface area (TPSA) is 141 Å². The number of halogens is 2. The molecule has 0 amide bonds. The van der Waals surface area contributed by atoms with E-state index in [1.807, 2.05) is 0 Å². The van der Waals surface area contributed by atoms with Crippen molar-refractivity contribution in [1.29, 1.82) is 0 Å².